The molecule has 0 atom stereocenters. The van der Waals surface area contributed by atoms with E-state index in [1.807, 2.05) is 42.5 Å². The number of piperidine rings is 1. The SMILES string of the molecule is O=C(CN1CCC(C(=O)c2ccc(F)cc2)CC1)c1ccc2ccccc2c1. The molecule has 3 aromatic carbocycles. The van der Waals surface area contributed by atoms with Crippen LogP contribution in [0.2, 0.25) is 0 Å². The smallest absolute Gasteiger partial charge is 0.176 e. The highest BCUT2D eigenvalue weighted by molar-refractivity contribution is 6.01. The number of nitrogens with zero attached hydrogens (tertiary/aromatic N) is 1. The van der Waals surface area contributed by atoms with E-state index in [2.05, 4.69) is 4.90 Å². The van der Waals surface area contributed by atoms with Crippen molar-refractivity contribution in [2.24, 2.45) is 5.92 Å². The third-order valence-electron chi connectivity index (χ3n) is 5.53. The highest BCUT2D eigenvalue weighted by atomic mass is 19.1. The zero-order chi connectivity index (χ0) is 19.5. The Labute approximate surface area is 163 Å². The second-order valence-corrected chi connectivity index (χ2v) is 7.41. The second kappa shape index (κ2) is 8.03. The molecule has 0 radical (unpaired) electrons. The average Bonchev–Trinajstić information content (AvgIpc) is 2.74. The predicted octanol–water partition coefficient (Wildman–Crippen LogP) is 4.76. The lowest BCUT2D eigenvalue weighted by Gasteiger charge is -2.30. The van der Waals surface area contributed by atoms with E-state index in [4.69, 9.17) is 0 Å². The summed E-state index contributed by atoms with van der Waals surface area (Å²) < 4.78 is 13.0. The molecule has 0 aliphatic carbocycles. The number of benzene rings is 3. The van der Waals surface area contributed by atoms with Crippen molar-refractivity contribution in [1.29, 1.82) is 0 Å². The molecule has 1 saturated heterocycles. The van der Waals surface area contributed by atoms with Crippen molar-refractivity contribution >= 4 is 22.3 Å². The number of likely N-dealkylation sites (tertiary alicyclic amines) is 1. The van der Waals surface area contributed by atoms with Gasteiger partial charge in [0.2, 0.25) is 0 Å². The molecular weight excluding hydrogens is 353 g/mol. The molecule has 3 nitrogen and oxygen atoms in total. The van der Waals surface area contributed by atoms with Crippen LogP contribution in [0.15, 0.2) is 66.7 Å². The van der Waals surface area contributed by atoms with Gasteiger partial charge in [-0.15, -0.1) is 0 Å². The number of hydrogen-bond donors (Lipinski definition) is 0. The second-order valence-electron chi connectivity index (χ2n) is 7.41. The Morgan fingerprint density at radius 1 is 0.857 bits per heavy atom. The van der Waals surface area contributed by atoms with Crippen LogP contribution in [0.25, 0.3) is 10.8 Å². The highest BCUT2D eigenvalue weighted by Crippen LogP contribution is 2.23. The third-order valence-corrected chi connectivity index (χ3v) is 5.53. The minimum atomic E-state index is -0.335. The first-order valence-corrected chi connectivity index (χ1v) is 9.64. The summed E-state index contributed by atoms with van der Waals surface area (Å²) in [6.45, 7) is 1.81. The fourth-order valence-electron chi connectivity index (χ4n) is 3.86. The van der Waals surface area contributed by atoms with Crippen LogP contribution in [0.1, 0.15) is 33.6 Å². The van der Waals surface area contributed by atoms with Gasteiger partial charge in [0.25, 0.3) is 0 Å². The number of carbonyl (C=O) groups excluding carboxylic acids is 2. The molecule has 0 bridgehead atoms. The standard InChI is InChI=1S/C24H22FNO2/c25-22-9-7-18(8-10-22)24(28)19-11-13-26(14-12-19)16-23(27)21-6-5-17-3-1-2-4-20(17)15-21/h1-10,15,19H,11-14,16H2. The first kappa shape index (κ1) is 18.5. The van der Waals surface area contributed by atoms with Gasteiger partial charge in [-0.2, -0.15) is 0 Å². The van der Waals surface area contributed by atoms with Gasteiger partial charge in [0, 0.05) is 17.0 Å². The minimum Gasteiger partial charge on any atom is -0.296 e. The van der Waals surface area contributed by atoms with E-state index >= 15 is 0 Å². The molecule has 0 N–H and O–H groups in total. The van der Waals surface area contributed by atoms with Gasteiger partial charge < -0.3 is 0 Å². The van der Waals surface area contributed by atoms with Crippen molar-refractivity contribution in [3.8, 4) is 0 Å². The van der Waals surface area contributed by atoms with Gasteiger partial charge in [0.1, 0.15) is 5.82 Å². The maximum Gasteiger partial charge on any atom is 0.176 e. The molecule has 3 aromatic rings. The molecule has 1 fully saturated rings. The van der Waals surface area contributed by atoms with Crippen molar-refractivity contribution in [2.75, 3.05) is 19.6 Å². The van der Waals surface area contributed by atoms with E-state index in [0.717, 1.165) is 42.3 Å². The molecular formula is C24H22FNO2. The lowest BCUT2D eigenvalue weighted by molar-refractivity contribution is 0.0805. The molecule has 1 heterocycles. The van der Waals surface area contributed by atoms with Crippen LogP contribution in [0.5, 0.6) is 0 Å². The van der Waals surface area contributed by atoms with Crippen LogP contribution in [-0.2, 0) is 0 Å². The summed E-state index contributed by atoms with van der Waals surface area (Å²) >= 11 is 0. The first-order chi connectivity index (χ1) is 13.6. The van der Waals surface area contributed by atoms with E-state index < -0.39 is 0 Å². The molecule has 4 heteroatoms. The summed E-state index contributed by atoms with van der Waals surface area (Å²) in [6.07, 6.45) is 1.45. The van der Waals surface area contributed by atoms with Gasteiger partial charge in [0.15, 0.2) is 11.6 Å². The number of carbonyl (C=O) groups is 2. The predicted molar refractivity (Wildman–Crippen MR) is 108 cm³/mol. The summed E-state index contributed by atoms with van der Waals surface area (Å²) in [5, 5.41) is 2.19. The fraction of sp³-hybridized carbons (Fsp3) is 0.250. The molecule has 0 amide bonds. The molecule has 1 aliphatic heterocycles. The zero-order valence-corrected chi connectivity index (χ0v) is 15.6. The van der Waals surface area contributed by atoms with E-state index in [-0.39, 0.29) is 23.3 Å². The third kappa shape index (κ3) is 4.02. The van der Waals surface area contributed by atoms with E-state index in [0.29, 0.717) is 12.1 Å². The van der Waals surface area contributed by atoms with E-state index in [9.17, 15) is 14.0 Å². The Morgan fingerprint density at radius 2 is 1.50 bits per heavy atom. The largest absolute Gasteiger partial charge is 0.296 e. The first-order valence-electron chi connectivity index (χ1n) is 9.64. The summed E-state index contributed by atoms with van der Waals surface area (Å²) in [4.78, 5) is 27.4. The Bertz CT molecular complexity index is 1000. The van der Waals surface area contributed by atoms with Gasteiger partial charge in [-0.25, -0.2) is 4.39 Å². The summed E-state index contributed by atoms with van der Waals surface area (Å²) in [7, 11) is 0. The lowest BCUT2D eigenvalue weighted by Crippen LogP contribution is -2.39. The van der Waals surface area contributed by atoms with Crippen molar-refractivity contribution in [3.63, 3.8) is 0 Å². The number of ketones is 2. The molecule has 0 aromatic heterocycles. The van der Waals surface area contributed by atoms with Gasteiger partial charge in [-0.3, -0.25) is 14.5 Å². The van der Waals surface area contributed by atoms with Crippen LogP contribution < -0.4 is 0 Å². The maximum atomic E-state index is 13.0. The van der Waals surface area contributed by atoms with Gasteiger partial charge in [-0.05, 0) is 67.0 Å². The van der Waals surface area contributed by atoms with Crippen LogP contribution in [-0.4, -0.2) is 36.1 Å². The summed E-state index contributed by atoms with van der Waals surface area (Å²) in [6, 6.07) is 19.6. The summed E-state index contributed by atoms with van der Waals surface area (Å²) in [5.41, 5.74) is 1.29. The average molecular weight is 375 g/mol. The Hall–Kier alpha value is -2.85. The van der Waals surface area contributed by atoms with E-state index in [1.54, 1.807) is 12.1 Å². The molecule has 28 heavy (non-hydrogen) atoms. The van der Waals surface area contributed by atoms with Crippen LogP contribution in [0.4, 0.5) is 4.39 Å². The molecule has 1 aliphatic rings. The topological polar surface area (TPSA) is 37.4 Å². The zero-order valence-electron chi connectivity index (χ0n) is 15.6. The monoisotopic (exact) mass is 375 g/mol. The quantitative estimate of drug-likeness (QED) is 0.604. The minimum absolute atomic E-state index is 0.0579. The van der Waals surface area contributed by atoms with Crippen molar-refractivity contribution in [1.82, 2.24) is 4.90 Å². The summed E-state index contributed by atoms with van der Waals surface area (Å²) in [5.74, 6) is -0.217. The van der Waals surface area contributed by atoms with Crippen molar-refractivity contribution < 1.29 is 14.0 Å². The van der Waals surface area contributed by atoms with Gasteiger partial charge >= 0.3 is 0 Å². The van der Waals surface area contributed by atoms with Crippen molar-refractivity contribution in [2.45, 2.75) is 12.8 Å². The normalized spacial score (nSPS) is 15.6. The lowest BCUT2D eigenvalue weighted by atomic mass is 9.88. The fourth-order valence-corrected chi connectivity index (χ4v) is 3.86. The maximum absolute atomic E-state index is 13.0. The van der Waals surface area contributed by atoms with Crippen LogP contribution in [0.3, 0.4) is 0 Å². The number of Topliss-reactive ketones (excluding diaryl/α,β-unsaturated/α-hetero) is 2. The Kier molecular flexibility index (Phi) is 5.31. The molecule has 4 rings (SSSR count). The van der Waals surface area contributed by atoms with Gasteiger partial charge in [0.05, 0.1) is 6.54 Å². The molecule has 142 valence electrons. The van der Waals surface area contributed by atoms with Crippen LogP contribution >= 0.6 is 0 Å². The Balaban J connectivity index is 1.35. The number of fused-ring (bicyclic) bond motifs is 1. The Morgan fingerprint density at radius 3 is 2.21 bits per heavy atom. The van der Waals surface area contributed by atoms with Gasteiger partial charge in [-0.1, -0.05) is 36.4 Å². The number of rotatable bonds is 5. The van der Waals surface area contributed by atoms with Crippen molar-refractivity contribution in [3.05, 3.63) is 83.7 Å². The van der Waals surface area contributed by atoms with E-state index in [1.165, 1.54) is 12.1 Å². The van der Waals surface area contributed by atoms with Crippen LogP contribution in [0, 0.1) is 11.7 Å². The highest BCUT2D eigenvalue weighted by Gasteiger charge is 2.26. The molecule has 0 unspecified atom stereocenters. The number of halogens is 1. The number of hydrogen-bond acceptors (Lipinski definition) is 3. The molecule has 0 saturated carbocycles. The molecule has 0 spiro atoms.